The molecule has 0 spiro atoms. The first kappa shape index (κ1) is 19.3. The molecule has 1 fully saturated rings. The van der Waals surface area contributed by atoms with Crippen LogP contribution in [0.4, 0.5) is 4.79 Å². The second-order valence-corrected chi connectivity index (χ2v) is 8.16. The molecule has 1 aromatic carbocycles. The number of benzene rings is 1. The van der Waals surface area contributed by atoms with Crippen LogP contribution >= 0.6 is 0 Å². The standard InChI is InChI=1S/C20H28N2O5/c1-20(2,3)27-19(24)22-10-9-14(12-22)11-21(4)18(23)17-13-25-15-7-5-6-8-16(15)26-17/h5-8,14,17H,9-13H2,1-4H3/t14-,17+/m1/s1. The van der Waals surface area contributed by atoms with Gasteiger partial charge in [0.1, 0.15) is 12.2 Å². The van der Waals surface area contributed by atoms with Gasteiger partial charge in [-0.15, -0.1) is 0 Å². The molecule has 0 N–H and O–H groups in total. The Kier molecular flexibility index (Phi) is 5.48. The first-order chi connectivity index (χ1) is 12.7. The number of rotatable bonds is 3. The largest absolute Gasteiger partial charge is 0.485 e. The molecule has 2 atom stereocenters. The van der Waals surface area contributed by atoms with Crippen LogP contribution in [0.1, 0.15) is 27.2 Å². The quantitative estimate of drug-likeness (QED) is 0.811. The Morgan fingerprint density at radius 2 is 1.96 bits per heavy atom. The summed E-state index contributed by atoms with van der Waals surface area (Å²) in [4.78, 5) is 28.3. The van der Waals surface area contributed by atoms with Gasteiger partial charge in [0.2, 0.25) is 6.10 Å². The van der Waals surface area contributed by atoms with E-state index in [1.54, 1.807) is 22.9 Å². The predicted octanol–water partition coefficient (Wildman–Crippen LogP) is 2.54. The summed E-state index contributed by atoms with van der Waals surface area (Å²) in [5, 5.41) is 0. The SMILES string of the molecule is CN(C[C@H]1CCN(C(=O)OC(C)(C)C)C1)C(=O)[C@@H]1COc2ccccc2O1. The van der Waals surface area contributed by atoms with Crippen molar-refractivity contribution in [1.82, 2.24) is 9.80 Å². The van der Waals surface area contributed by atoms with Crippen molar-refractivity contribution < 1.29 is 23.8 Å². The van der Waals surface area contributed by atoms with Gasteiger partial charge >= 0.3 is 6.09 Å². The number of likely N-dealkylation sites (tertiary alicyclic amines) is 1. The molecule has 1 aromatic rings. The fraction of sp³-hybridized carbons (Fsp3) is 0.600. The van der Waals surface area contributed by atoms with Gasteiger partial charge in [0, 0.05) is 26.7 Å². The third kappa shape index (κ3) is 4.84. The van der Waals surface area contributed by atoms with Crippen LogP contribution in [-0.2, 0) is 9.53 Å². The van der Waals surface area contributed by atoms with Gasteiger partial charge in [0.15, 0.2) is 11.5 Å². The molecule has 0 aromatic heterocycles. The monoisotopic (exact) mass is 376 g/mol. The van der Waals surface area contributed by atoms with Crippen molar-refractivity contribution in [1.29, 1.82) is 0 Å². The number of carbonyl (C=O) groups is 2. The number of amides is 2. The van der Waals surface area contributed by atoms with Crippen molar-refractivity contribution >= 4 is 12.0 Å². The van der Waals surface area contributed by atoms with Crippen molar-refractivity contribution in [3.05, 3.63) is 24.3 Å². The molecular weight excluding hydrogens is 348 g/mol. The molecule has 2 aliphatic rings. The summed E-state index contributed by atoms with van der Waals surface area (Å²) in [6.45, 7) is 7.59. The van der Waals surface area contributed by atoms with Crippen LogP contribution in [0.2, 0.25) is 0 Å². The number of hydrogen-bond acceptors (Lipinski definition) is 5. The topological polar surface area (TPSA) is 68.3 Å². The van der Waals surface area contributed by atoms with Gasteiger partial charge in [-0.05, 0) is 45.2 Å². The third-order valence-corrected chi connectivity index (χ3v) is 4.63. The van der Waals surface area contributed by atoms with E-state index in [0.29, 0.717) is 31.1 Å². The molecule has 0 bridgehead atoms. The van der Waals surface area contributed by atoms with E-state index in [1.807, 2.05) is 39.0 Å². The number of carbonyl (C=O) groups excluding carboxylic acids is 2. The van der Waals surface area contributed by atoms with Gasteiger partial charge < -0.3 is 24.0 Å². The van der Waals surface area contributed by atoms with Crippen molar-refractivity contribution in [2.45, 2.75) is 38.9 Å². The molecule has 2 amide bonds. The molecular formula is C20H28N2O5. The molecule has 2 heterocycles. The molecule has 1 saturated heterocycles. The highest BCUT2D eigenvalue weighted by Crippen LogP contribution is 2.31. The van der Waals surface area contributed by atoms with Crippen LogP contribution in [0, 0.1) is 5.92 Å². The van der Waals surface area contributed by atoms with Gasteiger partial charge in [-0.2, -0.15) is 0 Å². The Morgan fingerprint density at radius 3 is 2.67 bits per heavy atom. The highest BCUT2D eigenvalue weighted by Gasteiger charge is 2.34. The number of nitrogens with zero attached hydrogens (tertiary/aromatic N) is 2. The highest BCUT2D eigenvalue weighted by molar-refractivity contribution is 5.81. The van der Waals surface area contributed by atoms with Crippen molar-refractivity contribution in [2.75, 3.05) is 33.3 Å². The summed E-state index contributed by atoms with van der Waals surface area (Å²) < 4.78 is 16.8. The molecule has 0 radical (unpaired) electrons. The summed E-state index contributed by atoms with van der Waals surface area (Å²) >= 11 is 0. The summed E-state index contributed by atoms with van der Waals surface area (Å²) in [5.74, 6) is 1.36. The maximum atomic E-state index is 12.7. The Hall–Kier alpha value is -2.44. The summed E-state index contributed by atoms with van der Waals surface area (Å²) in [5.41, 5.74) is -0.503. The average molecular weight is 376 g/mol. The number of para-hydroxylation sites is 2. The second kappa shape index (κ2) is 7.66. The smallest absolute Gasteiger partial charge is 0.410 e. The van der Waals surface area contributed by atoms with E-state index in [-0.39, 0.29) is 24.5 Å². The minimum atomic E-state index is -0.645. The molecule has 7 heteroatoms. The Morgan fingerprint density at radius 1 is 1.26 bits per heavy atom. The van der Waals surface area contributed by atoms with Crippen molar-refractivity contribution in [2.24, 2.45) is 5.92 Å². The molecule has 27 heavy (non-hydrogen) atoms. The zero-order valence-corrected chi connectivity index (χ0v) is 16.4. The van der Waals surface area contributed by atoms with Crippen LogP contribution in [-0.4, -0.2) is 66.8 Å². The van der Waals surface area contributed by atoms with Crippen LogP contribution in [0.3, 0.4) is 0 Å². The molecule has 2 aliphatic heterocycles. The van der Waals surface area contributed by atoms with Gasteiger partial charge in [0.05, 0.1) is 0 Å². The number of fused-ring (bicyclic) bond motifs is 1. The van der Waals surface area contributed by atoms with Crippen LogP contribution in [0.15, 0.2) is 24.3 Å². The van der Waals surface area contributed by atoms with Crippen molar-refractivity contribution in [3.8, 4) is 11.5 Å². The first-order valence-corrected chi connectivity index (χ1v) is 9.34. The molecule has 3 rings (SSSR count). The molecule has 0 aliphatic carbocycles. The number of ether oxygens (including phenoxy) is 3. The summed E-state index contributed by atoms with van der Waals surface area (Å²) in [6, 6.07) is 7.34. The normalized spacial score (nSPS) is 21.7. The fourth-order valence-corrected chi connectivity index (χ4v) is 3.34. The number of hydrogen-bond donors (Lipinski definition) is 0. The first-order valence-electron chi connectivity index (χ1n) is 9.34. The second-order valence-electron chi connectivity index (χ2n) is 8.16. The molecule has 0 unspecified atom stereocenters. The van der Waals surface area contributed by atoms with Crippen molar-refractivity contribution in [3.63, 3.8) is 0 Å². The lowest BCUT2D eigenvalue weighted by Crippen LogP contribution is -2.46. The molecule has 7 nitrogen and oxygen atoms in total. The van der Waals surface area contributed by atoms with Gasteiger partial charge in [-0.3, -0.25) is 4.79 Å². The third-order valence-electron chi connectivity index (χ3n) is 4.63. The lowest BCUT2D eigenvalue weighted by Gasteiger charge is -2.30. The fourth-order valence-electron chi connectivity index (χ4n) is 3.34. The lowest BCUT2D eigenvalue weighted by molar-refractivity contribution is -0.140. The van der Waals surface area contributed by atoms with Gasteiger partial charge in [-0.25, -0.2) is 4.79 Å². The Labute approximate surface area is 160 Å². The van der Waals surface area contributed by atoms with Gasteiger partial charge in [0.25, 0.3) is 5.91 Å². The minimum Gasteiger partial charge on any atom is -0.485 e. The zero-order valence-electron chi connectivity index (χ0n) is 16.4. The van der Waals surface area contributed by atoms with Gasteiger partial charge in [-0.1, -0.05) is 12.1 Å². The maximum absolute atomic E-state index is 12.7. The number of likely N-dealkylation sites (N-methyl/N-ethyl adjacent to an activating group) is 1. The van der Waals surface area contributed by atoms with E-state index in [0.717, 1.165) is 6.42 Å². The van der Waals surface area contributed by atoms with Crippen LogP contribution in [0.25, 0.3) is 0 Å². The van der Waals surface area contributed by atoms with E-state index < -0.39 is 11.7 Å². The minimum absolute atomic E-state index is 0.111. The Balaban J connectivity index is 1.50. The average Bonchev–Trinajstić information content (AvgIpc) is 3.08. The highest BCUT2D eigenvalue weighted by atomic mass is 16.6. The van der Waals surface area contributed by atoms with E-state index in [2.05, 4.69) is 0 Å². The predicted molar refractivity (Wildman–Crippen MR) is 99.9 cm³/mol. The summed E-state index contributed by atoms with van der Waals surface area (Å²) in [7, 11) is 1.77. The van der Waals surface area contributed by atoms with Crippen LogP contribution in [0.5, 0.6) is 11.5 Å². The molecule has 0 saturated carbocycles. The lowest BCUT2D eigenvalue weighted by atomic mass is 10.1. The zero-order chi connectivity index (χ0) is 19.6. The van der Waals surface area contributed by atoms with Crippen LogP contribution < -0.4 is 9.47 Å². The Bertz CT molecular complexity index is 700. The van der Waals surface area contributed by atoms with E-state index >= 15 is 0 Å². The maximum Gasteiger partial charge on any atom is 0.410 e. The summed E-state index contributed by atoms with van der Waals surface area (Å²) in [6.07, 6.45) is -0.0882. The molecule has 148 valence electrons. The van der Waals surface area contributed by atoms with E-state index in [9.17, 15) is 9.59 Å². The van der Waals surface area contributed by atoms with E-state index in [4.69, 9.17) is 14.2 Å². The van der Waals surface area contributed by atoms with E-state index in [1.165, 1.54) is 0 Å².